The number of aromatic amines is 1. The van der Waals surface area contributed by atoms with Crippen LogP contribution in [0.25, 0.3) is 21.1 Å². The van der Waals surface area contributed by atoms with Crippen LogP contribution in [-0.2, 0) is 14.3 Å². The van der Waals surface area contributed by atoms with Crippen molar-refractivity contribution < 1.29 is 23.9 Å². The summed E-state index contributed by atoms with van der Waals surface area (Å²) < 4.78 is 10.6. The molecule has 158 valence electrons. The SMILES string of the molecule is CCOC(=O)C(=O)Nc1ccc2nc(NC(=O)c3cc4cc(OC)ccc4[nH]3)sc2c1. The van der Waals surface area contributed by atoms with E-state index in [1.807, 2.05) is 18.2 Å². The van der Waals surface area contributed by atoms with Crippen molar-refractivity contribution in [3.63, 3.8) is 0 Å². The van der Waals surface area contributed by atoms with E-state index in [1.54, 1.807) is 38.3 Å². The minimum absolute atomic E-state index is 0.118. The number of benzene rings is 2. The number of carbonyl (C=O) groups is 3. The van der Waals surface area contributed by atoms with Gasteiger partial charge in [-0.05, 0) is 49.4 Å². The molecule has 0 fully saturated rings. The number of ether oxygens (including phenoxy) is 2. The third kappa shape index (κ3) is 4.33. The Morgan fingerprint density at radius 2 is 1.94 bits per heavy atom. The summed E-state index contributed by atoms with van der Waals surface area (Å²) in [5.41, 5.74) is 2.29. The summed E-state index contributed by atoms with van der Waals surface area (Å²) in [7, 11) is 1.59. The molecule has 4 rings (SSSR count). The molecule has 0 atom stereocenters. The number of fused-ring (bicyclic) bond motifs is 2. The monoisotopic (exact) mass is 438 g/mol. The number of anilines is 2. The number of nitrogens with one attached hydrogen (secondary N) is 3. The zero-order valence-electron chi connectivity index (χ0n) is 16.6. The first-order valence-electron chi connectivity index (χ1n) is 9.33. The number of amides is 2. The van der Waals surface area contributed by atoms with Crippen LogP contribution in [0.2, 0.25) is 0 Å². The topological polar surface area (TPSA) is 122 Å². The van der Waals surface area contributed by atoms with Crippen molar-refractivity contribution in [2.75, 3.05) is 24.4 Å². The van der Waals surface area contributed by atoms with Gasteiger partial charge in [0.15, 0.2) is 5.13 Å². The Hall–Kier alpha value is -3.92. The maximum Gasteiger partial charge on any atom is 0.397 e. The van der Waals surface area contributed by atoms with Gasteiger partial charge in [-0.1, -0.05) is 11.3 Å². The zero-order chi connectivity index (χ0) is 22.0. The first-order valence-corrected chi connectivity index (χ1v) is 10.2. The maximum atomic E-state index is 12.6. The van der Waals surface area contributed by atoms with E-state index in [1.165, 1.54) is 11.3 Å². The molecule has 0 radical (unpaired) electrons. The standard InChI is InChI=1S/C21H18N4O5S/c1-3-30-20(28)19(27)22-12-4-6-15-17(10-12)31-21(24-15)25-18(26)16-9-11-8-13(29-2)5-7-14(11)23-16/h4-10,23H,3H2,1-2H3,(H,22,27)(H,24,25,26). The third-order valence-electron chi connectivity index (χ3n) is 4.40. The molecule has 0 saturated heterocycles. The lowest BCUT2D eigenvalue weighted by molar-refractivity contribution is -0.152. The van der Waals surface area contributed by atoms with E-state index in [0.29, 0.717) is 27.8 Å². The molecule has 2 amide bonds. The first-order chi connectivity index (χ1) is 15.0. The Balaban J connectivity index is 1.50. The summed E-state index contributed by atoms with van der Waals surface area (Å²) in [6, 6.07) is 12.2. The number of H-pyrrole nitrogens is 1. The normalized spacial score (nSPS) is 10.8. The summed E-state index contributed by atoms with van der Waals surface area (Å²) in [5.74, 6) is -1.42. The van der Waals surface area contributed by atoms with Crippen LogP contribution in [0.3, 0.4) is 0 Å². The van der Waals surface area contributed by atoms with Gasteiger partial charge in [0.05, 0.1) is 23.9 Å². The minimum Gasteiger partial charge on any atom is -0.497 e. The highest BCUT2D eigenvalue weighted by atomic mass is 32.1. The van der Waals surface area contributed by atoms with Crippen LogP contribution in [0.1, 0.15) is 17.4 Å². The van der Waals surface area contributed by atoms with Crippen LogP contribution in [0.5, 0.6) is 5.75 Å². The maximum absolute atomic E-state index is 12.6. The Bertz CT molecular complexity index is 1310. The molecule has 9 nitrogen and oxygen atoms in total. The van der Waals surface area contributed by atoms with E-state index in [0.717, 1.165) is 15.6 Å². The lowest BCUT2D eigenvalue weighted by Gasteiger charge is -2.04. The van der Waals surface area contributed by atoms with Gasteiger partial charge in [-0.3, -0.25) is 14.9 Å². The molecular formula is C21H18N4O5S. The molecule has 0 saturated carbocycles. The van der Waals surface area contributed by atoms with Gasteiger partial charge in [0.2, 0.25) is 0 Å². The fourth-order valence-electron chi connectivity index (χ4n) is 2.96. The van der Waals surface area contributed by atoms with Gasteiger partial charge in [0.25, 0.3) is 5.91 Å². The Morgan fingerprint density at radius 3 is 2.71 bits per heavy atom. The number of rotatable bonds is 5. The highest BCUT2D eigenvalue weighted by molar-refractivity contribution is 7.22. The van der Waals surface area contributed by atoms with Crippen LogP contribution in [-0.4, -0.2) is 41.5 Å². The van der Waals surface area contributed by atoms with Crippen molar-refractivity contribution in [2.24, 2.45) is 0 Å². The highest BCUT2D eigenvalue weighted by Crippen LogP contribution is 2.29. The first kappa shape index (κ1) is 20.4. The predicted molar refractivity (Wildman–Crippen MR) is 118 cm³/mol. The Kier molecular flexibility index (Phi) is 5.54. The van der Waals surface area contributed by atoms with E-state index in [9.17, 15) is 14.4 Å². The van der Waals surface area contributed by atoms with E-state index in [-0.39, 0.29) is 12.5 Å². The number of hydrogen-bond acceptors (Lipinski definition) is 7. The number of nitrogens with zero attached hydrogens (tertiary/aromatic N) is 1. The zero-order valence-corrected chi connectivity index (χ0v) is 17.5. The van der Waals surface area contributed by atoms with Crippen molar-refractivity contribution in [3.8, 4) is 5.75 Å². The largest absolute Gasteiger partial charge is 0.497 e. The summed E-state index contributed by atoms with van der Waals surface area (Å²) >= 11 is 1.25. The number of carbonyl (C=O) groups excluding carboxylic acids is 3. The van der Waals surface area contributed by atoms with Crippen molar-refractivity contribution in [2.45, 2.75) is 6.92 Å². The predicted octanol–water partition coefficient (Wildman–Crippen LogP) is 3.54. The van der Waals surface area contributed by atoms with Crippen molar-refractivity contribution in [1.29, 1.82) is 0 Å². The van der Waals surface area contributed by atoms with E-state index >= 15 is 0 Å². The average Bonchev–Trinajstić information content (AvgIpc) is 3.36. The number of methoxy groups -OCH3 is 1. The number of aromatic nitrogens is 2. The lowest BCUT2D eigenvalue weighted by Crippen LogP contribution is -2.24. The quantitative estimate of drug-likeness (QED) is 0.324. The summed E-state index contributed by atoms with van der Waals surface area (Å²) in [5, 5.41) is 6.52. The van der Waals surface area contributed by atoms with E-state index in [4.69, 9.17) is 4.74 Å². The summed E-state index contributed by atoms with van der Waals surface area (Å²) in [4.78, 5) is 43.4. The molecule has 2 aromatic heterocycles. The van der Waals surface area contributed by atoms with Crippen LogP contribution in [0.4, 0.5) is 10.8 Å². The van der Waals surface area contributed by atoms with Crippen LogP contribution in [0, 0.1) is 0 Å². The molecule has 31 heavy (non-hydrogen) atoms. The minimum atomic E-state index is -0.948. The molecule has 0 aliphatic rings. The van der Waals surface area contributed by atoms with Gasteiger partial charge < -0.3 is 19.8 Å². The van der Waals surface area contributed by atoms with E-state index in [2.05, 4.69) is 25.3 Å². The smallest absolute Gasteiger partial charge is 0.397 e. The van der Waals surface area contributed by atoms with Crippen molar-refractivity contribution in [3.05, 3.63) is 48.2 Å². The Morgan fingerprint density at radius 1 is 1.10 bits per heavy atom. The van der Waals surface area contributed by atoms with Gasteiger partial charge in [-0.2, -0.15) is 0 Å². The molecular weight excluding hydrogens is 420 g/mol. The van der Waals surface area contributed by atoms with Crippen molar-refractivity contribution >= 4 is 61.1 Å². The van der Waals surface area contributed by atoms with Gasteiger partial charge in [0, 0.05) is 16.6 Å². The molecule has 2 heterocycles. The summed E-state index contributed by atoms with van der Waals surface area (Å²) in [6.07, 6.45) is 0. The molecule has 3 N–H and O–H groups in total. The average molecular weight is 438 g/mol. The van der Waals surface area contributed by atoms with Gasteiger partial charge in [0.1, 0.15) is 11.4 Å². The van der Waals surface area contributed by atoms with Crippen LogP contribution < -0.4 is 15.4 Å². The molecule has 0 bridgehead atoms. The lowest BCUT2D eigenvalue weighted by atomic mass is 10.2. The molecule has 0 unspecified atom stereocenters. The molecule has 0 aliphatic carbocycles. The third-order valence-corrected chi connectivity index (χ3v) is 5.33. The van der Waals surface area contributed by atoms with Gasteiger partial charge in [-0.15, -0.1) is 0 Å². The Labute approximate surface area is 180 Å². The van der Waals surface area contributed by atoms with Gasteiger partial charge >= 0.3 is 11.9 Å². The fourth-order valence-corrected chi connectivity index (χ4v) is 3.86. The second kappa shape index (κ2) is 8.44. The second-order valence-corrected chi connectivity index (χ2v) is 7.50. The molecule has 0 aliphatic heterocycles. The van der Waals surface area contributed by atoms with E-state index < -0.39 is 11.9 Å². The highest BCUT2D eigenvalue weighted by Gasteiger charge is 2.16. The van der Waals surface area contributed by atoms with Gasteiger partial charge in [-0.25, -0.2) is 9.78 Å². The molecule has 0 spiro atoms. The number of thiazole rings is 1. The molecule has 4 aromatic rings. The number of hydrogen-bond donors (Lipinski definition) is 3. The second-order valence-electron chi connectivity index (χ2n) is 6.47. The number of esters is 1. The molecule has 10 heteroatoms. The van der Waals surface area contributed by atoms with Crippen LogP contribution >= 0.6 is 11.3 Å². The van der Waals surface area contributed by atoms with Crippen LogP contribution in [0.15, 0.2) is 42.5 Å². The summed E-state index contributed by atoms with van der Waals surface area (Å²) in [6.45, 7) is 1.74. The van der Waals surface area contributed by atoms with Crippen molar-refractivity contribution in [1.82, 2.24) is 9.97 Å². The fraction of sp³-hybridized carbons (Fsp3) is 0.143. The molecule has 2 aromatic carbocycles.